The third-order valence-electron chi connectivity index (χ3n) is 6.68. The van der Waals surface area contributed by atoms with Crippen molar-refractivity contribution in [3.63, 3.8) is 0 Å². The number of nitro groups is 1. The summed E-state index contributed by atoms with van der Waals surface area (Å²) in [5, 5.41) is 33.1. The number of ketones is 1. The number of esters is 1. The summed E-state index contributed by atoms with van der Waals surface area (Å²) in [4.78, 5) is 57.7. The summed E-state index contributed by atoms with van der Waals surface area (Å²) in [6.07, 6.45) is -3.59. The zero-order valence-corrected chi connectivity index (χ0v) is 19.5. The van der Waals surface area contributed by atoms with Gasteiger partial charge in [-0.3, -0.25) is 24.7 Å². The largest absolute Gasteiger partial charge is 0.468 e. The van der Waals surface area contributed by atoms with Gasteiger partial charge in [0.2, 0.25) is 0 Å². The minimum absolute atomic E-state index is 0.0517. The number of methoxy groups -OCH3 is 1. The van der Waals surface area contributed by atoms with Crippen molar-refractivity contribution < 1.29 is 43.8 Å². The molecule has 2 unspecified atom stereocenters. The molecule has 3 heterocycles. The van der Waals surface area contributed by atoms with Crippen LogP contribution in [0.4, 0.5) is 5.69 Å². The predicted molar refractivity (Wildman–Crippen MR) is 118 cm³/mol. The lowest BCUT2D eigenvalue weighted by Gasteiger charge is -2.35. The standard InChI is InChI=1S/C22H23N3O11/c1-10-15(19(26)22(28)9-35-18-14(36-25(31)32)8-34-20(18)22)17(16(11(2)23-10)21(27)33-3)12-6-4-5-7-13(12)24(29)30/h4-7,14,16-18,20,28H,8-9H2,1-3H3/t14-,16?,17?,18-,20+,22-/m1/s1. The Labute approximate surface area is 203 Å². The number of rotatable bonds is 7. The van der Waals surface area contributed by atoms with Crippen molar-refractivity contribution >= 4 is 23.2 Å². The Bertz CT molecular complexity index is 1200. The van der Waals surface area contributed by atoms with E-state index >= 15 is 0 Å². The molecule has 0 radical (unpaired) electrons. The van der Waals surface area contributed by atoms with Gasteiger partial charge in [-0.05, 0) is 13.8 Å². The van der Waals surface area contributed by atoms with Crippen molar-refractivity contribution in [1.82, 2.24) is 0 Å². The number of fused-ring (bicyclic) bond motifs is 1. The Morgan fingerprint density at radius 2 is 1.89 bits per heavy atom. The molecule has 3 aliphatic heterocycles. The molecule has 14 nitrogen and oxygen atoms in total. The average Bonchev–Trinajstić information content (AvgIpc) is 3.39. The van der Waals surface area contributed by atoms with Gasteiger partial charge in [-0.2, -0.15) is 0 Å². The SMILES string of the molecule is COC(=O)C1C(C)=NC(C)=C(C(=O)[C@]2(O)CO[C@@H]3[C@H](O[N+](=O)[O-])CO[C@@H]32)C1c1ccccc1[N+](=O)[O-]. The quantitative estimate of drug-likeness (QED) is 0.314. The van der Waals surface area contributed by atoms with Crippen LogP contribution in [-0.2, 0) is 28.6 Å². The molecule has 3 aliphatic rings. The number of nitrogens with zero attached hydrogens (tertiary/aromatic N) is 3. The molecule has 2 fully saturated rings. The summed E-state index contributed by atoms with van der Waals surface area (Å²) in [6.45, 7) is 2.14. The summed E-state index contributed by atoms with van der Waals surface area (Å²) >= 11 is 0. The number of carbonyl (C=O) groups is 2. The fourth-order valence-electron chi connectivity index (χ4n) is 5.14. The van der Waals surface area contributed by atoms with Gasteiger partial charge >= 0.3 is 5.97 Å². The monoisotopic (exact) mass is 505 g/mol. The third-order valence-corrected chi connectivity index (χ3v) is 6.68. The minimum atomic E-state index is -2.32. The van der Waals surface area contributed by atoms with Gasteiger partial charge in [0.1, 0.15) is 18.1 Å². The third kappa shape index (κ3) is 4.02. The number of ether oxygens (including phenoxy) is 3. The normalized spacial score (nSPS) is 31.4. The number of hydrogen-bond donors (Lipinski definition) is 1. The number of aliphatic hydroxyl groups is 1. The molecule has 1 N–H and O–H groups in total. The number of para-hydroxylation sites is 1. The van der Waals surface area contributed by atoms with Crippen LogP contribution in [0.2, 0.25) is 0 Å². The Balaban J connectivity index is 1.83. The molecule has 2 saturated heterocycles. The zero-order valence-electron chi connectivity index (χ0n) is 19.5. The van der Waals surface area contributed by atoms with Crippen LogP contribution in [0.1, 0.15) is 25.3 Å². The Kier molecular flexibility index (Phi) is 6.60. The molecule has 6 atom stereocenters. The van der Waals surface area contributed by atoms with Crippen LogP contribution in [0.25, 0.3) is 0 Å². The van der Waals surface area contributed by atoms with E-state index in [1.807, 2.05) is 0 Å². The summed E-state index contributed by atoms with van der Waals surface area (Å²) < 4.78 is 15.9. The number of nitro benzene ring substituents is 1. The summed E-state index contributed by atoms with van der Waals surface area (Å²) in [6, 6.07) is 5.63. The number of allylic oxidation sites excluding steroid dienone is 1. The van der Waals surface area contributed by atoms with E-state index in [1.54, 1.807) is 0 Å². The smallest absolute Gasteiger partial charge is 0.315 e. The van der Waals surface area contributed by atoms with E-state index in [0.29, 0.717) is 0 Å². The molecule has 14 heteroatoms. The highest BCUT2D eigenvalue weighted by Crippen LogP contribution is 2.46. The fourth-order valence-corrected chi connectivity index (χ4v) is 5.14. The number of hydrogen-bond acceptors (Lipinski definition) is 12. The molecule has 0 amide bonds. The first-order valence-electron chi connectivity index (χ1n) is 10.9. The van der Waals surface area contributed by atoms with Crippen molar-refractivity contribution in [2.45, 2.75) is 43.7 Å². The molecule has 0 saturated carbocycles. The molecular weight excluding hydrogens is 482 g/mol. The van der Waals surface area contributed by atoms with Crippen molar-refractivity contribution in [1.29, 1.82) is 0 Å². The van der Waals surface area contributed by atoms with Gasteiger partial charge in [-0.25, -0.2) is 0 Å². The topological polar surface area (TPSA) is 190 Å². The second kappa shape index (κ2) is 9.37. The highest BCUT2D eigenvalue weighted by molar-refractivity contribution is 6.11. The van der Waals surface area contributed by atoms with Crippen LogP contribution >= 0.6 is 0 Å². The number of Topliss-reactive ketones (excluding diaryl/α,β-unsaturated/α-hetero) is 1. The molecule has 1 aromatic rings. The molecule has 192 valence electrons. The first kappa shape index (κ1) is 25.3. The predicted octanol–water partition coefficient (Wildman–Crippen LogP) is 0.891. The molecule has 0 spiro atoms. The van der Waals surface area contributed by atoms with E-state index < -0.39 is 64.1 Å². The lowest BCUT2D eigenvalue weighted by molar-refractivity contribution is -0.769. The van der Waals surface area contributed by atoms with Crippen LogP contribution < -0.4 is 0 Å². The van der Waals surface area contributed by atoms with E-state index in [9.17, 15) is 34.9 Å². The van der Waals surface area contributed by atoms with Crippen molar-refractivity contribution in [2.75, 3.05) is 20.3 Å². The highest BCUT2D eigenvalue weighted by atomic mass is 17.0. The average molecular weight is 505 g/mol. The van der Waals surface area contributed by atoms with E-state index in [0.717, 1.165) is 7.11 Å². The Hall–Kier alpha value is -3.75. The molecule has 4 rings (SSSR count). The van der Waals surface area contributed by atoms with Gasteiger partial charge in [-0.15, -0.1) is 10.1 Å². The van der Waals surface area contributed by atoms with Gasteiger partial charge in [0.15, 0.2) is 17.5 Å². The molecule has 1 aromatic carbocycles. The maximum absolute atomic E-state index is 14.0. The van der Waals surface area contributed by atoms with E-state index in [-0.39, 0.29) is 34.8 Å². The second-order valence-corrected chi connectivity index (χ2v) is 8.70. The van der Waals surface area contributed by atoms with Crippen LogP contribution in [-0.4, -0.2) is 76.8 Å². The summed E-state index contributed by atoms with van der Waals surface area (Å²) in [7, 11) is 1.14. The maximum Gasteiger partial charge on any atom is 0.315 e. The van der Waals surface area contributed by atoms with Crippen molar-refractivity contribution in [3.8, 4) is 0 Å². The van der Waals surface area contributed by atoms with Gasteiger partial charge in [0.25, 0.3) is 10.8 Å². The van der Waals surface area contributed by atoms with Crippen LogP contribution in [0.3, 0.4) is 0 Å². The maximum atomic E-state index is 14.0. The Morgan fingerprint density at radius 1 is 1.19 bits per heavy atom. The van der Waals surface area contributed by atoms with Crippen LogP contribution in [0.15, 0.2) is 40.5 Å². The van der Waals surface area contributed by atoms with Gasteiger partial charge in [-0.1, -0.05) is 18.2 Å². The molecule has 0 bridgehead atoms. The molecular formula is C22H23N3O11. The second-order valence-electron chi connectivity index (χ2n) is 8.70. The first-order chi connectivity index (χ1) is 17.0. The number of carbonyl (C=O) groups excluding carboxylic acids is 2. The minimum Gasteiger partial charge on any atom is -0.468 e. The fraction of sp³-hybridized carbons (Fsp3) is 0.500. The Morgan fingerprint density at radius 3 is 2.53 bits per heavy atom. The number of benzene rings is 1. The number of aliphatic imine (C=N–C) groups is 1. The van der Waals surface area contributed by atoms with E-state index in [4.69, 9.17) is 14.2 Å². The van der Waals surface area contributed by atoms with Gasteiger partial charge in [0, 0.05) is 34.5 Å². The van der Waals surface area contributed by atoms with E-state index in [2.05, 4.69) is 9.83 Å². The zero-order chi connectivity index (χ0) is 26.4. The van der Waals surface area contributed by atoms with Gasteiger partial charge < -0.3 is 24.2 Å². The van der Waals surface area contributed by atoms with Crippen LogP contribution in [0.5, 0.6) is 0 Å². The lowest BCUT2D eigenvalue weighted by Crippen LogP contribution is -2.53. The van der Waals surface area contributed by atoms with Crippen molar-refractivity contribution in [2.24, 2.45) is 10.9 Å². The van der Waals surface area contributed by atoms with Crippen LogP contribution in [0, 0.1) is 26.1 Å². The van der Waals surface area contributed by atoms with Gasteiger partial charge in [0.05, 0.1) is 25.2 Å². The van der Waals surface area contributed by atoms with E-state index in [1.165, 1.54) is 38.1 Å². The summed E-state index contributed by atoms with van der Waals surface area (Å²) in [5.74, 6) is -4.13. The molecule has 0 aromatic heterocycles. The summed E-state index contributed by atoms with van der Waals surface area (Å²) in [5.41, 5.74) is -2.36. The molecule has 36 heavy (non-hydrogen) atoms. The first-order valence-corrected chi connectivity index (χ1v) is 10.9. The van der Waals surface area contributed by atoms with Crippen molar-refractivity contribution in [3.05, 3.63) is 61.3 Å². The highest BCUT2D eigenvalue weighted by Gasteiger charge is 2.62. The lowest BCUT2D eigenvalue weighted by atomic mass is 9.71. The molecule has 0 aliphatic carbocycles.